The van der Waals surface area contributed by atoms with Gasteiger partial charge in [-0.15, -0.1) is 0 Å². The lowest BCUT2D eigenvalue weighted by Gasteiger charge is -2.19. The molecule has 1 aromatic rings. The first-order valence-electron chi connectivity index (χ1n) is 8.10. The highest BCUT2D eigenvalue weighted by Gasteiger charge is 2.65. The van der Waals surface area contributed by atoms with Gasteiger partial charge in [0.15, 0.2) is 0 Å². The van der Waals surface area contributed by atoms with E-state index in [4.69, 9.17) is 10.8 Å². The topological polar surface area (TPSA) is 75.9 Å². The Balaban J connectivity index is 1.56. The van der Waals surface area contributed by atoms with Crippen molar-refractivity contribution >= 4 is 11.6 Å². The van der Waals surface area contributed by atoms with Crippen LogP contribution in [0.1, 0.15) is 45.9 Å². The Labute approximate surface area is 126 Å². The number of rotatable bonds is 3. The van der Waals surface area contributed by atoms with Crippen LogP contribution in [0.15, 0.2) is 6.07 Å². The highest BCUT2D eigenvalue weighted by Crippen LogP contribution is 2.66. The first-order chi connectivity index (χ1) is 9.97. The molecule has 5 nitrogen and oxygen atoms in total. The third kappa shape index (κ3) is 2.09. The molecule has 114 valence electrons. The number of fused-ring (bicyclic) bond motifs is 5. The van der Waals surface area contributed by atoms with E-state index in [0.717, 1.165) is 35.3 Å². The summed E-state index contributed by atoms with van der Waals surface area (Å²) in [6.45, 7) is 6.37. The van der Waals surface area contributed by atoms with E-state index in [-0.39, 0.29) is 5.41 Å². The van der Waals surface area contributed by atoms with Crippen molar-refractivity contribution in [3.05, 3.63) is 11.9 Å². The molecule has 4 rings (SSSR count). The molecule has 3 saturated carbocycles. The van der Waals surface area contributed by atoms with Gasteiger partial charge in [-0.25, -0.2) is 15.8 Å². The fourth-order valence-electron chi connectivity index (χ4n) is 4.62. The number of nitrogens with zero attached hydrogens (tertiary/aromatic N) is 2. The molecule has 3 aliphatic carbocycles. The van der Waals surface area contributed by atoms with E-state index in [2.05, 4.69) is 36.5 Å². The Kier molecular flexibility index (Phi) is 2.74. The number of anilines is 2. The number of nitrogens with two attached hydrogens (primary N) is 1. The molecular formula is C16H25N5. The lowest BCUT2D eigenvalue weighted by atomic mass is 9.96. The van der Waals surface area contributed by atoms with Crippen LogP contribution < -0.4 is 16.6 Å². The molecule has 0 amide bonds. The standard InChI is InChI=1S/C16H25N5/c1-16(2,3)15-19-10(7-11(20-15)21-17)18-14-12-8-4-5-9(6-8)13(12)14/h7-9,12-14H,4-6,17H2,1-3H3,(H2,18,19,20,21). The van der Waals surface area contributed by atoms with Crippen molar-refractivity contribution in [2.45, 2.75) is 51.5 Å². The number of hydrogen-bond acceptors (Lipinski definition) is 5. The fraction of sp³-hybridized carbons (Fsp3) is 0.750. The van der Waals surface area contributed by atoms with Crippen LogP contribution in [0.2, 0.25) is 0 Å². The van der Waals surface area contributed by atoms with Crippen molar-refractivity contribution in [2.24, 2.45) is 29.5 Å². The Morgan fingerprint density at radius 1 is 1.10 bits per heavy atom. The van der Waals surface area contributed by atoms with Crippen LogP contribution in [0.25, 0.3) is 0 Å². The molecule has 0 spiro atoms. The van der Waals surface area contributed by atoms with Gasteiger partial charge >= 0.3 is 0 Å². The summed E-state index contributed by atoms with van der Waals surface area (Å²) in [7, 11) is 0. The average Bonchev–Trinajstić information content (AvgIpc) is 2.84. The molecule has 4 unspecified atom stereocenters. The third-order valence-electron chi connectivity index (χ3n) is 5.59. The molecule has 4 atom stereocenters. The minimum atomic E-state index is -0.0816. The molecule has 0 radical (unpaired) electrons. The van der Waals surface area contributed by atoms with Gasteiger partial charge in [-0.2, -0.15) is 0 Å². The maximum absolute atomic E-state index is 5.56. The zero-order valence-corrected chi connectivity index (χ0v) is 13.1. The first kappa shape index (κ1) is 13.3. The molecule has 2 bridgehead atoms. The molecule has 1 aromatic heterocycles. The third-order valence-corrected chi connectivity index (χ3v) is 5.59. The van der Waals surface area contributed by atoms with Gasteiger partial charge in [0.05, 0.1) is 0 Å². The van der Waals surface area contributed by atoms with Crippen molar-refractivity contribution < 1.29 is 0 Å². The van der Waals surface area contributed by atoms with Crippen molar-refractivity contribution in [2.75, 3.05) is 10.7 Å². The summed E-state index contributed by atoms with van der Waals surface area (Å²) in [5.41, 5.74) is 2.58. The predicted octanol–water partition coefficient (Wildman–Crippen LogP) is 2.52. The highest BCUT2D eigenvalue weighted by atomic mass is 15.3. The number of nitrogen functional groups attached to an aromatic ring is 1. The van der Waals surface area contributed by atoms with E-state index in [0.29, 0.717) is 11.9 Å². The quantitative estimate of drug-likeness (QED) is 0.588. The molecular weight excluding hydrogens is 262 g/mol. The normalized spacial score (nSPS) is 36.5. The Morgan fingerprint density at radius 3 is 2.29 bits per heavy atom. The van der Waals surface area contributed by atoms with E-state index in [1.807, 2.05) is 6.07 Å². The Bertz CT molecular complexity index is 548. The second-order valence-corrected chi connectivity index (χ2v) is 8.01. The van der Waals surface area contributed by atoms with Crippen LogP contribution >= 0.6 is 0 Å². The van der Waals surface area contributed by atoms with Gasteiger partial charge in [0.1, 0.15) is 17.5 Å². The zero-order valence-electron chi connectivity index (χ0n) is 13.1. The van der Waals surface area contributed by atoms with E-state index < -0.39 is 0 Å². The summed E-state index contributed by atoms with van der Waals surface area (Å²) in [4.78, 5) is 9.19. The molecule has 3 fully saturated rings. The van der Waals surface area contributed by atoms with Gasteiger partial charge in [0.2, 0.25) is 0 Å². The number of hydrazine groups is 1. The molecule has 4 N–H and O–H groups in total. The van der Waals surface area contributed by atoms with E-state index >= 15 is 0 Å². The zero-order chi connectivity index (χ0) is 14.8. The van der Waals surface area contributed by atoms with Crippen LogP contribution in [0.5, 0.6) is 0 Å². The van der Waals surface area contributed by atoms with Crippen molar-refractivity contribution in [1.29, 1.82) is 0 Å². The van der Waals surface area contributed by atoms with Gasteiger partial charge < -0.3 is 10.7 Å². The molecule has 0 saturated heterocycles. The largest absolute Gasteiger partial charge is 0.367 e. The maximum Gasteiger partial charge on any atom is 0.145 e. The lowest BCUT2D eigenvalue weighted by Crippen LogP contribution is -2.21. The summed E-state index contributed by atoms with van der Waals surface area (Å²) in [5.74, 6) is 11.7. The van der Waals surface area contributed by atoms with Gasteiger partial charge in [-0.1, -0.05) is 20.8 Å². The summed E-state index contributed by atoms with van der Waals surface area (Å²) in [6.07, 6.45) is 4.35. The number of hydrogen-bond donors (Lipinski definition) is 3. The highest BCUT2D eigenvalue weighted by molar-refractivity contribution is 5.49. The van der Waals surface area contributed by atoms with Crippen LogP contribution in [-0.4, -0.2) is 16.0 Å². The molecule has 3 aliphatic rings. The van der Waals surface area contributed by atoms with Crippen LogP contribution in [-0.2, 0) is 5.41 Å². The minimum absolute atomic E-state index is 0.0816. The molecule has 0 aliphatic heterocycles. The Hall–Kier alpha value is -1.36. The smallest absolute Gasteiger partial charge is 0.145 e. The lowest BCUT2D eigenvalue weighted by molar-refractivity contribution is 0.456. The fourth-order valence-corrected chi connectivity index (χ4v) is 4.62. The maximum atomic E-state index is 5.56. The van der Waals surface area contributed by atoms with Crippen molar-refractivity contribution in [3.8, 4) is 0 Å². The van der Waals surface area contributed by atoms with E-state index in [9.17, 15) is 0 Å². The molecule has 1 heterocycles. The van der Waals surface area contributed by atoms with Crippen molar-refractivity contribution in [3.63, 3.8) is 0 Å². The van der Waals surface area contributed by atoms with E-state index in [1.165, 1.54) is 19.3 Å². The van der Waals surface area contributed by atoms with Crippen LogP contribution in [0.4, 0.5) is 11.6 Å². The van der Waals surface area contributed by atoms with Gasteiger partial charge in [0, 0.05) is 17.5 Å². The van der Waals surface area contributed by atoms with Crippen molar-refractivity contribution in [1.82, 2.24) is 9.97 Å². The van der Waals surface area contributed by atoms with Gasteiger partial charge in [-0.05, 0) is 42.9 Å². The van der Waals surface area contributed by atoms with Gasteiger partial charge in [-0.3, -0.25) is 0 Å². The summed E-state index contributed by atoms with van der Waals surface area (Å²) < 4.78 is 0. The molecule has 21 heavy (non-hydrogen) atoms. The second kappa shape index (κ2) is 4.32. The summed E-state index contributed by atoms with van der Waals surface area (Å²) in [6, 6.07) is 2.55. The Morgan fingerprint density at radius 2 is 1.71 bits per heavy atom. The number of aromatic nitrogens is 2. The summed E-state index contributed by atoms with van der Waals surface area (Å²) in [5, 5.41) is 3.66. The van der Waals surface area contributed by atoms with Crippen LogP contribution in [0.3, 0.4) is 0 Å². The molecule has 5 heteroatoms. The molecule has 0 aromatic carbocycles. The number of nitrogens with one attached hydrogen (secondary N) is 2. The SMILES string of the molecule is CC(C)(C)c1nc(NN)cc(NC2C3C4CCC(C4)C23)n1. The van der Waals surface area contributed by atoms with E-state index in [1.54, 1.807) is 0 Å². The monoisotopic (exact) mass is 287 g/mol. The average molecular weight is 287 g/mol. The van der Waals surface area contributed by atoms with Gasteiger partial charge in [0.25, 0.3) is 0 Å². The predicted molar refractivity (Wildman–Crippen MR) is 83.8 cm³/mol. The minimum Gasteiger partial charge on any atom is -0.367 e. The van der Waals surface area contributed by atoms with Crippen LogP contribution in [0, 0.1) is 23.7 Å². The second-order valence-electron chi connectivity index (χ2n) is 8.01. The first-order valence-corrected chi connectivity index (χ1v) is 8.10. The summed E-state index contributed by atoms with van der Waals surface area (Å²) >= 11 is 0.